The quantitative estimate of drug-likeness (QED) is 0.537. The fourth-order valence-electron chi connectivity index (χ4n) is 2.71. The third kappa shape index (κ3) is 3.40. The molecule has 0 saturated carbocycles. The number of imidazole rings is 1. The Labute approximate surface area is 160 Å². The van der Waals surface area contributed by atoms with E-state index in [9.17, 15) is 9.59 Å². The van der Waals surface area contributed by atoms with Crippen molar-refractivity contribution in [3.05, 3.63) is 55.7 Å². The Bertz CT molecular complexity index is 1160. The number of anilines is 1. The molecular weight excluding hydrogens is 368 g/mol. The van der Waals surface area contributed by atoms with E-state index >= 15 is 0 Å². The molecule has 0 bridgehead atoms. The molecule has 0 fully saturated rings. The van der Waals surface area contributed by atoms with Gasteiger partial charge in [-0.15, -0.1) is 0 Å². The van der Waals surface area contributed by atoms with Crippen molar-refractivity contribution in [2.24, 2.45) is 19.2 Å². The molecule has 1 aromatic carbocycles. The molecule has 0 aliphatic rings. The maximum absolute atomic E-state index is 12.8. The number of aromatic nitrogens is 4. The first kappa shape index (κ1) is 18.9. The summed E-state index contributed by atoms with van der Waals surface area (Å²) in [4.78, 5) is 29.5. The van der Waals surface area contributed by atoms with Crippen molar-refractivity contribution in [3.63, 3.8) is 0 Å². The summed E-state index contributed by atoms with van der Waals surface area (Å²) >= 11 is 6.30. The number of hydrogen-bond donors (Lipinski definition) is 1. The molecule has 0 aliphatic carbocycles. The predicted octanol–water partition coefficient (Wildman–Crippen LogP) is 2.33. The summed E-state index contributed by atoms with van der Waals surface area (Å²) in [7, 11) is 3.03. The van der Waals surface area contributed by atoms with Crippen LogP contribution in [0.3, 0.4) is 0 Å². The van der Waals surface area contributed by atoms with Gasteiger partial charge in [-0.05, 0) is 25.0 Å². The van der Waals surface area contributed by atoms with E-state index in [-0.39, 0.29) is 0 Å². The van der Waals surface area contributed by atoms with Gasteiger partial charge in [-0.3, -0.25) is 18.5 Å². The van der Waals surface area contributed by atoms with Crippen LogP contribution in [-0.2, 0) is 20.6 Å². The van der Waals surface area contributed by atoms with E-state index in [0.29, 0.717) is 28.7 Å². The minimum atomic E-state index is -0.435. The van der Waals surface area contributed by atoms with Crippen LogP contribution < -0.4 is 16.7 Å². The van der Waals surface area contributed by atoms with Gasteiger partial charge in [-0.25, -0.2) is 10.2 Å². The van der Waals surface area contributed by atoms with Crippen molar-refractivity contribution in [1.29, 1.82) is 0 Å². The Balaban J connectivity index is 2.28. The number of hydrazone groups is 1. The lowest BCUT2D eigenvalue weighted by Gasteiger charge is -2.10. The Hall–Kier alpha value is -2.87. The number of nitrogens with zero attached hydrogens (tertiary/aromatic N) is 5. The molecule has 0 unspecified atom stereocenters. The molecule has 142 valence electrons. The van der Waals surface area contributed by atoms with Gasteiger partial charge in [-0.1, -0.05) is 36.7 Å². The molecule has 0 aliphatic heterocycles. The van der Waals surface area contributed by atoms with Crippen LogP contribution in [0.2, 0.25) is 5.02 Å². The average Bonchev–Trinajstić information content (AvgIpc) is 3.03. The first-order chi connectivity index (χ1) is 12.8. The summed E-state index contributed by atoms with van der Waals surface area (Å²) in [6.45, 7) is 4.20. The van der Waals surface area contributed by atoms with Gasteiger partial charge in [0, 0.05) is 24.8 Å². The van der Waals surface area contributed by atoms with Crippen molar-refractivity contribution in [3.8, 4) is 0 Å². The van der Waals surface area contributed by atoms with Gasteiger partial charge < -0.3 is 0 Å². The lowest BCUT2D eigenvalue weighted by atomic mass is 10.2. The molecule has 0 radical (unpaired) electrons. The summed E-state index contributed by atoms with van der Waals surface area (Å²) in [5.74, 6) is 0.371. The number of hydrogen-bond acceptors (Lipinski definition) is 5. The van der Waals surface area contributed by atoms with Gasteiger partial charge in [-0.2, -0.15) is 10.1 Å². The molecule has 27 heavy (non-hydrogen) atoms. The van der Waals surface area contributed by atoms with Gasteiger partial charge in [0.2, 0.25) is 5.95 Å². The summed E-state index contributed by atoms with van der Waals surface area (Å²) in [5.41, 5.74) is 4.38. The van der Waals surface area contributed by atoms with E-state index in [1.165, 1.54) is 11.6 Å². The fourth-order valence-corrected chi connectivity index (χ4v) is 2.90. The highest BCUT2D eigenvalue weighted by Gasteiger charge is 2.19. The minimum Gasteiger partial charge on any atom is -0.298 e. The summed E-state index contributed by atoms with van der Waals surface area (Å²) in [6.07, 6.45) is 0.776. The maximum atomic E-state index is 12.8. The van der Waals surface area contributed by atoms with Gasteiger partial charge in [0.1, 0.15) is 0 Å². The van der Waals surface area contributed by atoms with Crippen LogP contribution >= 0.6 is 11.6 Å². The van der Waals surface area contributed by atoms with Crippen LogP contribution in [0, 0.1) is 0 Å². The van der Waals surface area contributed by atoms with Crippen LogP contribution in [0.4, 0.5) is 5.95 Å². The highest BCUT2D eigenvalue weighted by atomic mass is 35.5. The minimum absolute atomic E-state index is 0.294. The highest BCUT2D eigenvalue weighted by molar-refractivity contribution is 6.31. The van der Waals surface area contributed by atoms with Crippen molar-refractivity contribution in [1.82, 2.24) is 18.7 Å². The fraction of sp³-hybridized carbons (Fsp3) is 0.333. The van der Waals surface area contributed by atoms with Crippen LogP contribution in [0.1, 0.15) is 25.8 Å². The number of rotatable bonds is 5. The van der Waals surface area contributed by atoms with E-state index in [1.54, 1.807) is 17.7 Å². The van der Waals surface area contributed by atoms with E-state index in [4.69, 9.17) is 11.6 Å². The first-order valence-corrected chi connectivity index (χ1v) is 8.91. The van der Waals surface area contributed by atoms with Crippen molar-refractivity contribution >= 4 is 34.4 Å². The molecule has 1 N–H and O–H groups in total. The molecule has 0 saturated heterocycles. The number of nitrogens with one attached hydrogen (secondary N) is 1. The largest absolute Gasteiger partial charge is 0.332 e. The molecule has 0 spiro atoms. The second-order valence-corrected chi connectivity index (χ2v) is 6.71. The average molecular weight is 389 g/mol. The molecule has 2 heterocycles. The van der Waals surface area contributed by atoms with Gasteiger partial charge in [0.05, 0.1) is 6.54 Å². The van der Waals surface area contributed by atoms with E-state index in [2.05, 4.69) is 15.5 Å². The second kappa shape index (κ2) is 7.40. The zero-order valence-electron chi connectivity index (χ0n) is 15.7. The van der Waals surface area contributed by atoms with Crippen LogP contribution in [0.15, 0.2) is 39.0 Å². The highest BCUT2D eigenvalue weighted by Crippen LogP contribution is 2.22. The monoisotopic (exact) mass is 388 g/mol. The molecule has 8 nitrogen and oxygen atoms in total. The van der Waals surface area contributed by atoms with Crippen LogP contribution in [-0.4, -0.2) is 24.4 Å². The van der Waals surface area contributed by atoms with Gasteiger partial charge in [0.15, 0.2) is 11.2 Å². The number of benzene rings is 1. The molecule has 0 amide bonds. The predicted molar refractivity (Wildman–Crippen MR) is 108 cm³/mol. The van der Waals surface area contributed by atoms with Crippen molar-refractivity contribution in [2.75, 3.05) is 5.43 Å². The second-order valence-electron chi connectivity index (χ2n) is 6.30. The molecule has 9 heteroatoms. The third-order valence-electron chi connectivity index (χ3n) is 4.49. The van der Waals surface area contributed by atoms with Crippen LogP contribution in [0.5, 0.6) is 0 Å². The Morgan fingerprint density at radius 3 is 2.59 bits per heavy atom. The molecule has 0 atom stereocenters. The topological polar surface area (TPSA) is 86.2 Å². The number of aryl methyl sites for hydroxylation is 1. The Morgan fingerprint density at radius 2 is 1.93 bits per heavy atom. The van der Waals surface area contributed by atoms with Crippen molar-refractivity contribution in [2.45, 2.75) is 26.8 Å². The van der Waals surface area contributed by atoms with E-state index in [1.807, 2.05) is 32.0 Å². The zero-order chi connectivity index (χ0) is 19.7. The molecule has 3 rings (SSSR count). The van der Waals surface area contributed by atoms with Crippen molar-refractivity contribution < 1.29 is 0 Å². The van der Waals surface area contributed by atoms with E-state index in [0.717, 1.165) is 22.3 Å². The number of halogens is 1. The lowest BCUT2D eigenvalue weighted by molar-refractivity contribution is 0.702. The maximum Gasteiger partial charge on any atom is 0.332 e. The lowest BCUT2D eigenvalue weighted by Crippen LogP contribution is -2.37. The van der Waals surface area contributed by atoms with Gasteiger partial charge >= 0.3 is 5.69 Å². The Kier molecular flexibility index (Phi) is 5.18. The summed E-state index contributed by atoms with van der Waals surface area (Å²) in [6, 6.07) is 7.39. The SMILES string of the molecule is CC/C(C)=N\Nc1nc2c(c(=O)n(C)c(=O)n2C)n1Cc1ccccc1Cl. The smallest absolute Gasteiger partial charge is 0.298 e. The van der Waals surface area contributed by atoms with E-state index < -0.39 is 11.2 Å². The standard InChI is InChI=1S/C18H21ClN6O2/c1-5-11(2)21-22-17-20-15-14(16(26)24(4)18(27)23(15)3)25(17)10-12-8-6-7-9-13(12)19/h6-9H,5,10H2,1-4H3,(H,20,22)/b21-11-. The molecule has 3 aromatic rings. The molecule has 2 aromatic heterocycles. The normalized spacial score (nSPS) is 12.0. The van der Waals surface area contributed by atoms with Gasteiger partial charge in [0.25, 0.3) is 5.56 Å². The molecular formula is C18H21ClN6O2. The van der Waals surface area contributed by atoms with Crippen LogP contribution in [0.25, 0.3) is 11.2 Å². The third-order valence-corrected chi connectivity index (χ3v) is 4.86. The number of fused-ring (bicyclic) bond motifs is 1. The first-order valence-electron chi connectivity index (χ1n) is 8.54. The summed E-state index contributed by atoms with van der Waals surface area (Å²) in [5, 5.41) is 4.87. The summed E-state index contributed by atoms with van der Waals surface area (Å²) < 4.78 is 4.11. The zero-order valence-corrected chi connectivity index (χ0v) is 16.4. The Morgan fingerprint density at radius 1 is 1.22 bits per heavy atom.